The molecule has 1 fully saturated rings. The highest BCUT2D eigenvalue weighted by Crippen LogP contribution is 2.30. The lowest BCUT2D eigenvalue weighted by molar-refractivity contribution is 0.149. The molecule has 1 aliphatic carbocycles. The van der Waals surface area contributed by atoms with Crippen LogP contribution in [0.25, 0.3) is 0 Å². The van der Waals surface area contributed by atoms with E-state index < -0.39 is 0 Å². The zero-order valence-corrected chi connectivity index (χ0v) is 12.1. The van der Waals surface area contributed by atoms with Gasteiger partial charge < -0.3 is 14.6 Å². The van der Waals surface area contributed by atoms with E-state index in [1.54, 1.807) is 0 Å². The van der Waals surface area contributed by atoms with Crippen molar-refractivity contribution in [2.45, 2.75) is 57.4 Å². The molecule has 0 radical (unpaired) electrons. The topological polar surface area (TPSA) is 60.2 Å². The molecule has 0 amide bonds. The lowest BCUT2D eigenvalue weighted by Gasteiger charge is -2.36. The summed E-state index contributed by atoms with van der Waals surface area (Å²) in [6.07, 6.45) is 7.86. The Balaban J connectivity index is 1.90. The van der Waals surface area contributed by atoms with Gasteiger partial charge in [0.2, 0.25) is 5.89 Å². The van der Waals surface area contributed by atoms with Gasteiger partial charge in [-0.15, -0.1) is 0 Å². The van der Waals surface area contributed by atoms with E-state index in [2.05, 4.69) is 15.5 Å². The van der Waals surface area contributed by atoms with E-state index in [1.165, 1.54) is 32.1 Å². The zero-order valence-electron chi connectivity index (χ0n) is 12.1. The number of hydrogen-bond acceptors (Lipinski definition) is 5. The Labute approximate surface area is 115 Å². The molecule has 0 saturated heterocycles. The van der Waals surface area contributed by atoms with Crippen LogP contribution in [0.15, 0.2) is 4.52 Å². The quantitative estimate of drug-likeness (QED) is 0.767. The maximum atomic E-state index is 5.37. The van der Waals surface area contributed by atoms with Gasteiger partial charge in [-0.05, 0) is 26.8 Å². The summed E-state index contributed by atoms with van der Waals surface area (Å²) in [5, 5.41) is 7.50. The second-order valence-corrected chi connectivity index (χ2v) is 5.32. The lowest BCUT2D eigenvalue weighted by Crippen LogP contribution is -2.46. The summed E-state index contributed by atoms with van der Waals surface area (Å²) in [7, 11) is 2.04. The Morgan fingerprint density at radius 3 is 2.79 bits per heavy atom. The van der Waals surface area contributed by atoms with Gasteiger partial charge in [0.25, 0.3) is 0 Å². The van der Waals surface area contributed by atoms with Crippen LogP contribution in [0.2, 0.25) is 0 Å². The molecular weight excluding hydrogens is 242 g/mol. The first-order chi connectivity index (χ1) is 9.28. The van der Waals surface area contributed by atoms with Gasteiger partial charge >= 0.3 is 0 Å². The van der Waals surface area contributed by atoms with Crippen molar-refractivity contribution >= 4 is 0 Å². The molecule has 19 heavy (non-hydrogen) atoms. The van der Waals surface area contributed by atoms with Gasteiger partial charge in [0.1, 0.15) is 0 Å². The van der Waals surface area contributed by atoms with E-state index in [0.717, 1.165) is 31.2 Å². The van der Waals surface area contributed by atoms with Crippen molar-refractivity contribution in [1.29, 1.82) is 0 Å². The number of ether oxygens (including phenoxy) is 1. The SMILES string of the molecule is CCOCCc1noc(CC2(NC)CCCCC2)n1. The van der Waals surface area contributed by atoms with Crippen molar-refractivity contribution in [2.24, 2.45) is 0 Å². The highest BCUT2D eigenvalue weighted by molar-refractivity contribution is 4.99. The van der Waals surface area contributed by atoms with Gasteiger partial charge in [-0.2, -0.15) is 4.98 Å². The summed E-state index contributed by atoms with van der Waals surface area (Å²) in [6, 6.07) is 0. The maximum Gasteiger partial charge on any atom is 0.228 e. The van der Waals surface area contributed by atoms with Crippen molar-refractivity contribution in [3.63, 3.8) is 0 Å². The smallest absolute Gasteiger partial charge is 0.228 e. The van der Waals surface area contributed by atoms with E-state index in [4.69, 9.17) is 9.26 Å². The fourth-order valence-corrected chi connectivity index (χ4v) is 2.80. The van der Waals surface area contributed by atoms with Gasteiger partial charge in [-0.25, -0.2) is 0 Å². The summed E-state index contributed by atoms with van der Waals surface area (Å²) in [5.41, 5.74) is 0.155. The number of rotatable bonds is 7. The molecule has 0 aliphatic heterocycles. The van der Waals surface area contributed by atoms with Crippen LogP contribution < -0.4 is 5.32 Å². The summed E-state index contributed by atoms with van der Waals surface area (Å²) >= 11 is 0. The molecule has 0 aromatic carbocycles. The van der Waals surface area contributed by atoms with Gasteiger partial charge in [-0.3, -0.25) is 0 Å². The Kier molecular flexibility index (Phi) is 5.34. The fraction of sp³-hybridized carbons (Fsp3) is 0.857. The van der Waals surface area contributed by atoms with Crippen molar-refractivity contribution in [2.75, 3.05) is 20.3 Å². The third-order valence-corrected chi connectivity index (χ3v) is 4.01. The summed E-state index contributed by atoms with van der Waals surface area (Å²) < 4.78 is 10.7. The Bertz CT molecular complexity index is 373. The molecule has 1 aromatic rings. The molecular formula is C14H25N3O2. The third-order valence-electron chi connectivity index (χ3n) is 4.01. The fourth-order valence-electron chi connectivity index (χ4n) is 2.80. The second kappa shape index (κ2) is 7.01. The normalized spacial score (nSPS) is 18.6. The third kappa shape index (κ3) is 4.01. The molecule has 2 rings (SSSR count). The predicted molar refractivity (Wildman–Crippen MR) is 73.1 cm³/mol. The molecule has 108 valence electrons. The predicted octanol–water partition coefficient (Wildman–Crippen LogP) is 2.11. The van der Waals surface area contributed by atoms with Gasteiger partial charge in [0, 0.05) is 25.0 Å². The molecule has 1 aliphatic rings. The van der Waals surface area contributed by atoms with E-state index >= 15 is 0 Å². The number of hydrogen-bond donors (Lipinski definition) is 1. The largest absolute Gasteiger partial charge is 0.381 e. The molecule has 0 spiro atoms. The summed E-state index contributed by atoms with van der Waals surface area (Å²) in [4.78, 5) is 4.47. The van der Waals surface area contributed by atoms with Crippen LogP contribution in [-0.2, 0) is 17.6 Å². The molecule has 5 nitrogen and oxygen atoms in total. The number of nitrogens with one attached hydrogen (secondary N) is 1. The molecule has 0 atom stereocenters. The molecule has 1 heterocycles. The second-order valence-electron chi connectivity index (χ2n) is 5.32. The minimum absolute atomic E-state index is 0.155. The standard InChI is InChI=1S/C14H25N3O2/c1-3-18-10-7-12-16-13(19-17-12)11-14(15-2)8-5-4-6-9-14/h15H,3-11H2,1-2H3. The molecule has 0 bridgehead atoms. The number of aromatic nitrogens is 2. The number of likely N-dealkylation sites (N-methyl/N-ethyl adjacent to an activating group) is 1. The first-order valence-corrected chi connectivity index (χ1v) is 7.36. The Morgan fingerprint density at radius 1 is 1.32 bits per heavy atom. The molecule has 5 heteroatoms. The highest BCUT2D eigenvalue weighted by Gasteiger charge is 2.32. The van der Waals surface area contributed by atoms with E-state index in [9.17, 15) is 0 Å². The summed E-state index contributed by atoms with van der Waals surface area (Å²) in [5.74, 6) is 1.51. The Morgan fingerprint density at radius 2 is 2.11 bits per heavy atom. The van der Waals surface area contributed by atoms with Crippen molar-refractivity contribution < 1.29 is 9.26 Å². The van der Waals surface area contributed by atoms with E-state index in [1.807, 2.05) is 14.0 Å². The van der Waals surface area contributed by atoms with E-state index in [0.29, 0.717) is 6.61 Å². The summed E-state index contributed by atoms with van der Waals surface area (Å²) in [6.45, 7) is 3.38. The number of nitrogens with zero attached hydrogens (tertiary/aromatic N) is 2. The maximum absolute atomic E-state index is 5.37. The van der Waals surface area contributed by atoms with Crippen LogP contribution in [0.5, 0.6) is 0 Å². The van der Waals surface area contributed by atoms with E-state index in [-0.39, 0.29) is 5.54 Å². The highest BCUT2D eigenvalue weighted by atomic mass is 16.5. The van der Waals surface area contributed by atoms with Gasteiger partial charge in [-0.1, -0.05) is 24.4 Å². The van der Waals surface area contributed by atoms with Crippen LogP contribution in [0.4, 0.5) is 0 Å². The van der Waals surface area contributed by atoms with Gasteiger partial charge in [0.05, 0.1) is 6.61 Å². The Hall–Kier alpha value is -0.940. The average Bonchev–Trinajstić information content (AvgIpc) is 2.87. The first kappa shape index (κ1) is 14.5. The first-order valence-electron chi connectivity index (χ1n) is 7.36. The molecule has 1 N–H and O–H groups in total. The zero-order chi connectivity index (χ0) is 13.6. The van der Waals surface area contributed by atoms with Crippen LogP contribution >= 0.6 is 0 Å². The minimum Gasteiger partial charge on any atom is -0.381 e. The van der Waals surface area contributed by atoms with Crippen molar-refractivity contribution in [3.05, 3.63) is 11.7 Å². The molecule has 0 unspecified atom stereocenters. The van der Waals surface area contributed by atoms with Crippen LogP contribution in [0.1, 0.15) is 50.7 Å². The van der Waals surface area contributed by atoms with Crippen LogP contribution in [-0.4, -0.2) is 35.9 Å². The lowest BCUT2D eigenvalue weighted by atomic mass is 9.79. The minimum atomic E-state index is 0.155. The average molecular weight is 267 g/mol. The monoisotopic (exact) mass is 267 g/mol. The van der Waals surface area contributed by atoms with Gasteiger partial charge in [0.15, 0.2) is 5.82 Å². The van der Waals surface area contributed by atoms with Crippen LogP contribution in [0.3, 0.4) is 0 Å². The molecule has 1 aromatic heterocycles. The van der Waals surface area contributed by atoms with Crippen LogP contribution in [0, 0.1) is 0 Å². The van der Waals surface area contributed by atoms with Crippen molar-refractivity contribution in [3.8, 4) is 0 Å². The molecule has 1 saturated carbocycles. The van der Waals surface area contributed by atoms with Crippen molar-refractivity contribution in [1.82, 2.24) is 15.5 Å².